The number of carbonyl (C=O) groups is 1. The normalized spacial score (nSPS) is 12.1. The molecule has 2 aromatic carbocycles. The molecular formula is C18H15Cl2N2O+. The Balaban J connectivity index is 1.83. The highest BCUT2D eigenvalue weighted by molar-refractivity contribution is 6.36. The molecule has 0 aliphatic rings. The lowest BCUT2D eigenvalue weighted by Crippen LogP contribution is -2.44. The fourth-order valence-corrected chi connectivity index (χ4v) is 2.81. The van der Waals surface area contributed by atoms with E-state index >= 15 is 0 Å². The summed E-state index contributed by atoms with van der Waals surface area (Å²) in [5.74, 6) is -0.144. The molecule has 0 aliphatic carbocycles. The fraction of sp³-hybridized carbons (Fsp3) is 0.111. The Morgan fingerprint density at radius 2 is 1.83 bits per heavy atom. The zero-order valence-corrected chi connectivity index (χ0v) is 14.0. The molecule has 1 heterocycles. The molecule has 0 unspecified atom stereocenters. The molecule has 1 amide bonds. The molecule has 3 rings (SSSR count). The molecule has 0 spiro atoms. The van der Waals surface area contributed by atoms with Crippen molar-refractivity contribution in [2.45, 2.75) is 13.0 Å². The second-order valence-electron chi connectivity index (χ2n) is 5.31. The number of hydrogen-bond acceptors (Lipinski definition) is 1. The quantitative estimate of drug-likeness (QED) is 0.689. The van der Waals surface area contributed by atoms with Crippen LogP contribution >= 0.6 is 23.2 Å². The van der Waals surface area contributed by atoms with E-state index in [2.05, 4.69) is 5.32 Å². The van der Waals surface area contributed by atoms with Crippen molar-refractivity contribution in [2.75, 3.05) is 5.32 Å². The van der Waals surface area contributed by atoms with E-state index in [9.17, 15) is 4.79 Å². The van der Waals surface area contributed by atoms with Crippen molar-refractivity contribution >= 4 is 45.6 Å². The number of nitrogens with one attached hydrogen (secondary N) is 1. The summed E-state index contributed by atoms with van der Waals surface area (Å²) in [7, 11) is 0. The SMILES string of the molecule is C[C@H](C(=O)Nc1ccc(Cl)cc1Cl)[n+]1ccc2ccccc2c1. The van der Waals surface area contributed by atoms with Gasteiger partial charge in [-0.3, -0.25) is 4.79 Å². The molecule has 0 bridgehead atoms. The molecule has 0 aliphatic heterocycles. The molecule has 3 nitrogen and oxygen atoms in total. The van der Waals surface area contributed by atoms with Gasteiger partial charge in [-0.25, -0.2) is 0 Å². The molecule has 3 aromatic rings. The van der Waals surface area contributed by atoms with Gasteiger partial charge >= 0.3 is 0 Å². The predicted molar refractivity (Wildman–Crippen MR) is 93.9 cm³/mol. The summed E-state index contributed by atoms with van der Waals surface area (Å²) in [5, 5.41) is 6.00. The van der Waals surface area contributed by atoms with Gasteiger partial charge in [-0.15, -0.1) is 0 Å². The minimum absolute atomic E-state index is 0.144. The van der Waals surface area contributed by atoms with E-state index in [1.807, 2.05) is 54.2 Å². The molecular weight excluding hydrogens is 331 g/mol. The minimum atomic E-state index is -0.369. The standard InChI is InChI=1S/C18H14Cl2N2O/c1-12(18(23)21-17-7-6-15(19)10-16(17)20)22-9-8-13-4-2-3-5-14(13)11-22/h2-12H,1H3/p+1/t12-/m1/s1. The van der Waals surface area contributed by atoms with Crippen LogP contribution in [0.5, 0.6) is 0 Å². The third-order valence-corrected chi connectivity index (χ3v) is 4.27. The number of rotatable bonds is 3. The first-order chi connectivity index (χ1) is 11.0. The highest BCUT2D eigenvalue weighted by atomic mass is 35.5. The van der Waals surface area contributed by atoms with Gasteiger partial charge in [-0.1, -0.05) is 41.4 Å². The van der Waals surface area contributed by atoms with Crippen molar-refractivity contribution in [3.63, 3.8) is 0 Å². The van der Waals surface area contributed by atoms with E-state index in [0.717, 1.165) is 10.8 Å². The molecule has 0 saturated carbocycles. The summed E-state index contributed by atoms with van der Waals surface area (Å²) in [6.07, 6.45) is 3.86. The summed E-state index contributed by atoms with van der Waals surface area (Å²) in [5.41, 5.74) is 0.550. The lowest BCUT2D eigenvalue weighted by Gasteiger charge is -2.10. The molecule has 1 aromatic heterocycles. The fourth-order valence-electron chi connectivity index (χ4n) is 2.35. The first-order valence-electron chi connectivity index (χ1n) is 7.20. The molecule has 0 fully saturated rings. The van der Waals surface area contributed by atoms with Crippen molar-refractivity contribution in [1.82, 2.24) is 0 Å². The maximum atomic E-state index is 12.5. The summed E-state index contributed by atoms with van der Waals surface area (Å²) in [4.78, 5) is 12.5. The van der Waals surface area contributed by atoms with E-state index in [1.165, 1.54) is 0 Å². The van der Waals surface area contributed by atoms with Gasteiger partial charge < -0.3 is 5.32 Å². The van der Waals surface area contributed by atoms with Crippen LogP contribution in [0.2, 0.25) is 10.0 Å². The number of anilines is 1. The maximum absolute atomic E-state index is 12.5. The number of aromatic nitrogens is 1. The highest BCUT2D eigenvalue weighted by Crippen LogP contribution is 2.25. The Hall–Kier alpha value is -2.10. The van der Waals surface area contributed by atoms with Gasteiger partial charge in [-0.05, 0) is 29.7 Å². The van der Waals surface area contributed by atoms with Gasteiger partial charge in [-0.2, -0.15) is 4.57 Å². The molecule has 1 atom stereocenters. The smallest absolute Gasteiger partial charge is 0.293 e. The monoisotopic (exact) mass is 345 g/mol. The van der Waals surface area contributed by atoms with Crippen LogP contribution < -0.4 is 9.88 Å². The van der Waals surface area contributed by atoms with Gasteiger partial charge in [0.2, 0.25) is 6.04 Å². The van der Waals surface area contributed by atoms with Crippen molar-refractivity contribution in [3.05, 3.63) is 71.0 Å². The molecule has 116 valence electrons. The zero-order chi connectivity index (χ0) is 16.4. The van der Waals surface area contributed by atoms with Gasteiger partial charge in [0.25, 0.3) is 5.91 Å². The first-order valence-corrected chi connectivity index (χ1v) is 7.95. The average molecular weight is 346 g/mol. The molecule has 5 heteroatoms. The second kappa shape index (κ2) is 6.57. The topological polar surface area (TPSA) is 33.0 Å². The van der Waals surface area contributed by atoms with Gasteiger partial charge in [0.1, 0.15) is 0 Å². The van der Waals surface area contributed by atoms with Crippen molar-refractivity contribution < 1.29 is 9.36 Å². The summed E-state index contributed by atoms with van der Waals surface area (Å²) in [6, 6.07) is 14.6. The Bertz CT molecular complexity index is 880. The third-order valence-electron chi connectivity index (χ3n) is 3.73. The number of amides is 1. The number of hydrogen-bond donors (Lipinski definition) is 1. The van der Waals surface area contributed by atoms with Gasteiger partial charge in [0.15, 0.2) is 12.4 Å². The largest absolute Gasteiger partial charge is 0.319 e. The van der Waals surface area contributed by atoms with Crippen LogP contribution in [0.3, 0.4) is 0 Å². The molecule has 0 saturated heterocycles. The third kappa shape index (κ3) is 3.46. The maximum Gasteiger partial charge on any atom is 0.293 e. The van der Waals surface area contributed by atoms with E-state index < -0.39 is 0 Å². The van der Waals surface area contributed by atoms with E-state index in [-0.39, 0.29) is 11.9 Å². The minimum Gasteiger partial charge on any atom is -0.319 e. The van der Waals surface area contributed by atoms with Crippen LogP contribution in [0, 0.1) is 0 Å². The van der Waals surface area contributed by atoms with E-state index in [0.29, 0.717) is 15.7 Å². The number of fused-ring (bicyclic) bond motifs is 1. The summed E-state index contributed by atoms with van der Waals surface area (Å²) in [6.45, 7) is 1.84. The summed E-state index contributed by atoms with van der Waals surface area (Å²) < 4.78 is 1.88. The van der Waals surface area contributed by atoms with Gasteiger partial charge in [0, 0.05) is 23.4 Å². The highest BCUT2D eigenvalue weighted by Gasteiger charge is 2.22. The lowest BCUT2D eigenvalue weighted by atomic mass is 10.1. The van der Waals surface area contributed by atoms with Crippen molar-refractivity contribution in [1.29, 1.82) is 0 Å². The Kier molecular flexibility index (Phi) is 4.51. The average Bonchev–Trinajstić information content (AvgIpc) is 2.56. The second-order valence-corrected chi connectivity index (χ2v) is 6.15. The van der Waals surface area contributed by atoms with Crippen LogP contribution in [0.15, 0.2) is 60.9 Å². The molecule has 23 heavy (non-hydrogen) atoms. The number of halogens is 2. The van der Waals surface area contributed by atoms with Crippen LogP contribution in [0.1, 0.15) is 13.0 Å². The Morgan fingerprint density at radius 1 is 1.09 bits per heavy atom. The predicted octanol–water partition coefficient (Wildman–Crippen LogP) is 4.63. The van der Waals surface area contributed by atoms with Crippen LogP contribution in [0.25, 0.3) is 10.8 Å². The number of carbonyl (C=O) groups excluding carboxylic acids is 1. The van der Waals surface area contributed by atoms with Crippen LogP contribution in [0.4, 0.5) is 5.69 Å². The Morgan fingerprint density at radius 3 is 2.57 bits per heavy atom. The Labute approximate surface area is 144 Å². The van der Waals surface area contributed by atoms with Crippen molar-refractivity contribution in [2.24, 2.45) is 0 Å². The summed E-state index contributed by atoms with van der Waals surface area (Å²) >= 11 is 12.0. The molecule has 0 radical (unpaired) electrons. The first kappa shape index (κ1) is 15.8. The zero-order valence-electron chi connectivity index (χ0n) is 12.5. The van der Waals surface area contributed by atoms with Crippen molar-refractivity contribution in [3.8, 4) is 0 Å². The number of pyridine rings is 1. The number of benzene rings is 2. The van der Waals surface area contributed by atoms with Gasteiger partial charge in [0.05, 0.1) is 10.7 Å². The van der Waals surface area contributed by atoms with E-state index in [1.54, 1.807) is 18.2 Å². The number of nitrogens with zero attached hydrogens (tertiary/aromatic N) is 1. The van der Waals surface area contributed by atoms with Crippen LogP contribution in [-0.4, -0.2) is 5.91 Å². The lowest BCUT2D eigenvalue weighted by molar-refractivity contribution is -0.704. The van der Waals surface area contributed by atoms with Crippen LogP contribution in [-0.2, 0) is 4.79 Å². The van der Waals surface area contributed by atoms with E-state index in [4.69, 9.17) is 23.2 Å². The molecule has 1 N–H and O–H groups in total.